The molecule has 0 saturated carbocycles. The smallest absolute Gasteiger partial charge is 0.327 e. The van der Waals surface area contributed by atoms with Gasteiger partial charge in [-0.15, -0.1) is 11.8 Å². The Kier molecular flexibility index (Phi) is 6.61. The van der Waals surface area contributed by atoms with E-state index in [1.54, 1.807) is 38.1 Å². The molecule has 3 rings (SSSR count). The van der Waals surface area contributed by atoms with Crippen molar-refractivity contribution in [1.82, 2.24) is 10.2 Å². The van der Waals surface area contributed by atoms with Gasteiger partial charge < -0.3 is 20.1 Å². The summed E-state index contributed by atoms with van der Waals surface area (Å²) < 4.78 is 4.74. The number of carbonyl (C=O) groups is 3. The second kappa shape index (κ2) is 7.97. The number of carbonyl (C=O) groups excluding carboxylic acids is 2. The molecule has 1 aromatic rings. The van der Waals surface area contributed by atoms with Crippen molar-refractivity contribution in [3.8, 4) is 5.75 Å². The molecular formula is C16H18KN2O5S. The number of fused-ring (bicyclic) bond motifs is 1. The fourth-order valence-electron chi connectivity index (χ4n) is 3.03. The van der Waals surface area contributed by atoms with E-state index in [1.165, 1.54) is 16.7 Å². The van der Waals surface area contributed by atoms with Crippen molar-refractivity contribution >= 4 is 80.9 Å². The average Bonchev–Trinajstić information content (AvgIpc) is 2.80. The Morgan fingerprint density at radius 3 is 2.56 bits per heavy atom. The van der Waals surface area contributed by atoms with Crippen LogP contribution in [0.3, 0.4) is 0 Å². The zero-order chi connectivity index (χ0) is 17.5. The molecule has 129 valence electrons. The summed E-state index contributed by atoms with van der Waals surface area (Å²) in [5, 5.41) is 11.6. The van der Waals surface area contributed by atoms with Gasteiger partial charge in [0.15, 0.2) is 6.61 Å². The summed E-state index contributed by atoms with van der Waals surface area (Å²) in [6.45, 7) is 3.38. The molecular weight excluding hydrogens is 371 g/mol. The van der Waals surface area contributed by atoms with Crippen LogP contribution in [0.2, 0.25) is 0 Å². The molecule has 2 amide bonds. The van der Waals surface area contributed by atoms with Crippen molar-refractivity contribution in [3.05, 3.63) is 30.3 Å². The number of para-hydroxylation sites is 1. The van der Waals surface area contributed by atoms with Crippen molar-refractivity contribution < 1.29 is 24.2 Å². The minimum Gasteiger partial charge on any atom is -0.484 e. The average molecular weight is 389 g/mol. The van der Waals surface area contributed by atoms with Crippen LogP contribution in [0.25, 0.3) is 0 Å². The summed E-state index contributed by atoms with van der Waals surface area (Å²) in [6.07, 6.45) is 0. The van der Waals surface area contributed by atoms with Gasteiger partial charge >= 0.3 is 5.97 Å². The van der Waals surface area contributed by atoms with E-state index in [0.717, 1.165) is 0 Å². The van der Waals surface area contributed by atoms with Gasteiger partial charge in [0, 0.05) is 56.1 Å². The van der Waals surface area contributed by atoms with Crippen molar-refractivity contribution in [2.45, 2.75) is 36.1 Å². The molecule has 2 aliphatic rings. The summed E-state index contributed by atoms with van der Waals surface area (Å²) in [5.41, 5.74) is 0. The van der Waals surface area contributed by atoms with Gasteiger partial charge in [-0.05, 0) is 26.0 Å². The Labute approximate surface area is 192 Å². The molecule has 25 heavy (non-hydrogen) atoms. The minimum atomic E-state index is -1.03. The molecule has 3 unspecified atom stereocenters. The quantitative estimate of drug-likeness (QED) is 0.556. The van der Waals surface area contributed by atoms with Crippen LogP contribution in [0.4, 0.5) is 0 Å². The number of nitrogens with zero attached hydrogens (tertiary/aromatic N) is 1. The second-order valence-electron chi connectivity index (χ2n) is 6.25. The van der Waals surface area contributed by atoms with Crippen LogP contribution >= 0.6 is 11.8 Å². The topological polar surface area (TPSA) is 95.9 Å². The maximum absolute atomic E-state index is 12.2. The van der Waals surface area contributed by atoms with E-state index < -0.39 is 28.7 Å². The first-order chi connectivity index (χ1) is 11.3. The van der Waals surface area contributed by atoms with E-state index in [1.807, 2.05) is 6.07 Å². The summed E-state index contributed by atoms with van der Waals surface area (Å²) in [5.74, 6) is -1.23. The Morgan fingerprint density at radius 2 is 1.96 bits per heavy atom. The van der Waals surface area contributed by atoms with Crippen LogP contribution in [-0.2, 0) is 14.4 Å². The van der Waals surface area contributed by atoms with Crippen molar-refractivity contribution in [3.63, 3.8) is 0 Å². The molecule has 0 aliphatic carbocycles. The molecule has 0 aromatic heterocycles. The van der Waals surface area contributed by atoms with Crippen LogP contribution in [-0.4, -0.2) is 108 Å². The summed E-state index contributed by atoms with van der Waals surface area (Å²) in [6, 6.07) is 7.31. The number of carboxylic acids is 1. The predicted octanol–water partition coefficient (Wildman–Crippen LogP) is 0.316. The van der Waals surface area contributed by atoms with Crippen LogP contribution in [0.15, 0.2) is 30.3 Å². The van der Waals surface area contributed by atoms with Crippen LogP contribution < -0.4 is 10.1 Å². The summed E-state index contributed by atoms with van der Waals surface area (Å²) in [7, 11) is 0. The molecule has 9 heteroatoms. The second-order valence-corrected chi connectivity index (χ2v) is 8.02. The standard InChI is InChI=1S/C16H18N2O5S.K/c1-16(2)12(15(21)22)18-13(20)11(14(18)24-16)17-10(19)8-23-9-6-4-3-5-7-9;/h3-7,11-12,14H,8H2,1-2H3,(H,17,19)(H,21,22);. The molecule has 7 nitrogen and oxygen atoms in total. The molecule has 2 saturated heterocycles. The number of benzene rings is 1. The van der Waals surface area contributed by atoms with Gasteiger partial charge in [0.25, 0.3) is 5.91 Å². The largest absolute Gasteiger partial charge is 0.484 e. The molecule has 2 fully saturated rings. The molecule has 1 radical (unpaired) electrons. The number of thioether (sulfide) groups is 1. The molecule has 0 bridgehead atoms. The first-order valence-corrected chi connectivity index (χ1v) is 8.39. The van der Waals surface area contributed by atoms with Crippen molar-refractivity contribution in [2.24, 2.45) is 0 Å². The van der Waals surface area contributed by atoms with E-state index in [-0.39, 0.29) is 69.3 Å². The van der Waals surface area contributed by atoms with Gasteiger partial charge in [0.2, 0.25) is 5.91 Å². The number of β-lactam (4-membered cyclic amide) rings is 1. The number of ether oxygens (including phenoxy) is 1. The molecule has 2 aliphatic heterocycles. The van der Waals surface area contributed by atoms with Gasteiger partial charge in [0.1, 0.15) is 23.2 Å². The van der Waals surface area contributed by atoms with E-state index in [0.29, 0.717) is 5.75 Å². The Morgan fingerprint density at radius 1 is 1.32 bits per heavy atom. The first-order valence-electron chi connectivity index (χ1n) is 7.51. The summed E-state index contributed by atoms with van der Waals surface area (Å²) >= 11 is 1.39. The molecule has 2 heterocycles. The maximum Gasteiger partial charge on any atom is 0.327 e. The third-order valence-electron chi connectivity index (χ3n) is 4.10. The number of aliphatic carboxylic acids is 1. The number of hydrogen-bond donors (Lipinski definition) is 2. The first kappa shape index (κ1) is 20.7. The van der Waals surface area contributed by atoms with E-state index in [4.69, 9.17) is 4.74 Å². The molecule has 0 spiro atoms. The Balaban J connectivity index is 0.00000225. The van der Waals surface area contributed by atoms with Crippen molar-refractivity contribution in [1.29, 1.82) is 0 Å². The zero-order valence-electron chi connectivity index (χ0n) is 14.3. The van der Waals surface area contributed by atoms with Gasteiger partial charge in [-0.1, -0.05) is 18.2 Å². The van der Waals surface area contributed by atoms with Crippen LogP contribution in [0.1, 0.15) is 13.8 Å². The molecule has 1 aromatic carbocycles. The Hall–Kier alpha value is -0.584. The number of carboxylic acid groups (broad SMARTS) is 1. The number of amides is 2. The Bertz CT molecular complexity index is 684. The third kappa shape index (κ3) is 4.06. The van der Waals surface area contributed by atoms with Crippen LogP contribution in [0.5, 0.6) is 5.75 Å². The minimum absolute atomic E-state index is 0. The number of rotatable bonds is 5. The normalized spacial score (nSPS) is 26.1. The van der Waals surface area contributed by atoms with Gasteiger partial charge in [-0.25, -0.2) is 4.79 Å². The van der Waals surface area contributed by atoms with Crippen molar-refractivity contribution in [2.75, 3.05) is 6.61 Å². The van der Waals surface area contributed by atoms with E-state index >= 15 is 0 Å². The number of nitrogens with one attached hydrogen (secondary N) is 1. The fraction of sp³-hybridized carbons (Fsp3) is 0.438. The van der Waals surface area contributed by atoms with E-state index in [9.17, 15) is 19.5 Å². The molecule has 3 atom stereocenters. The van der Waals surface area contributed by atoms with Crippen LogP contribution in [0, 0.1) is 0 Å². The van der Waals surface area contributed by atoms with E-state index in [2.05, 4.69) is 5.32 Å². The SMILES string of the molecule is CC1(C)SC2C(NC(=O)COc3ccccc3)C(=O)N2C1C(=O)O.[K]. The van der Waals surface area contributed by atoms with Gasteiger partial charge in [-0.3, -0.25) is 9.59 Å². The zero-order valence-corrected chi connectivity index (χ0v) is 18.2. The third-order valence-corrected chi connectivity index (χ3v) is 5.68. The summed E-state index contributed by atoms with van der Waals surface area (Å²) in [4.78, 5) is 37.0. The predicted molar refractivity (Wildman–Crippen MR) is 93.3 cm³/mol. The van der Waals surface area contributed by atoms with Gasteiger partial charge in [-0.2, -0.15) is 0 Å². The fourth-order valence-corrected chi connectivity index (χ4v) is 4.65. The molecule has 2 N–H and O–H groups in total. The number of hydrogen-bond acceptors (Lipinski definition) is 5. The monoisotopic (exact) mass is 389 g/mol. The maximum atomic E-state index is 12.2. The van der Waals surface area contributed by atoms with Gasteiger partial charge in [0.05, 0.1) is 0 Å².